The van der Waals surface area contributed by atoms with Crippen molar-refractivity contribution >= 4 is 11.8 Å². The molecule has 1 heterocycles. The minimum Gasteiger partial charge on any atom is -0.264 e. The number of aromatic nitrogens is 1. The van der Waals surface area contributed by atoms with Crippen LogP contribution in [0, 0.1) is 11.3 Å². The van der Waals surface area contributed by atoms with E-state index in [9.17, 15) is 0 Å². The van der Waals surface area contributed by atoms with Crippen LogP contribution in [0.2, 0.25) is 0 Å². The monoisotopic (exact) mass is 282 g/mol. The second-order valence-corrected chi connectivity index (χ2v) is 7.49. The Labute approximate surface area is 124 Å². The van der Waals surface area contributed by atoms with Crippen LogP contribution in [0.5, 0.6) is 0 Å². The molecule has 0 saturated heterocycles. The van der Waals surface area contributed by atoms with Gasteiger partial charge in [-0.2, -0.15) is 5.26 Å². The topological polar surface area (TPSA) is 36.7 Å². The number of rotatable bonds is 3. The predicted molar refractivity (Wildman–Crippen MR) is 84.6 cm³/mol. The Morgan fingerprint density at radius 2 is 1.85 bits per heavy atom. The Morgan fingerprint density at radius 1 is 1.15 bits per heavy atom. The molecule has 0 fully saturated rings. The summed E-state index contributed by atoms with van der Waals surface area (Å²) >= 11 is 1.84. The van der Waals surface area contributed by atoms with Gasteiger partial charge >= 0.3 is 0 Å². The fourth-order valence-electron chi connectivity index (χ4n) is 1.91. The van der Waals surface area contributed by atoms with Crippen molar-refractivity contribution < 1.29 is 0 Å². The Bertz CT molecular complexity index is 619. The van der Waals surface area contributed by atoms with Gasteiger partial charge in [0.15, 0.2) is 0 Å². The number of pyridine rings is 1. The molecule has 0 bridgehead atoms. The normalized spacial score (nSPS) is 11.1. The van der Waals surface area contributed by atoms with E-state index in [0.29, 0.717) is 6.42 Å². The molecule has 2 rings (SSSR count). The van der Waals surface area contributed by atoms with Crippen molar-refractivity contribution in [3.63, 3.8) is 0 Å². The van der Waals surface area contributed by atoms with Crippen LogP contribution in [0.15, 0.2) is 47.6 Å². The van der Waals surface area contributed by atoms with Crippen LogP contribution >= 0.6 is 11.8 Å². The summed E-state index contributed by atoms with van der Waals surface area (Å²) in [6, 6.07) is 12.4. The van der Waals surface area contributed by atoms with Crippen molar-refractivity contribution in [1.82, 2.24) is 4.98 Å². The molecule has 0 saturated carbocycles. The van der Waals surface area contributed by atoms with E-state index >= 15 is 0 Å². The number of hydrogen-bond acceptors (Lipinski definition) is 3. The molecule has 0 amide bonds. The predicted octanol–water partition coefficient (Wildman–Crippen LogP) is 4.71. The zero-order valence-corrected chi connectivity index (χ0v) is 12.9. The Morgan fingerprint density at radius 3 is 2.45 bits per heavy atom. The van der Waals surface area contributed by atoms with E-state index in [1.807, 2.05) is 36.3 Å². The minimum absolute atomic E-state index is 0.164. The van der Waals surface area contributed by atoms with E-state index in [4.69, 9.17) is 5.26 Å². The third kappa shape index (κ3) is 3.85. The van der Waals surface area contributed by atoms with E-state index in [2.05, 4.69) is 50.0 Å². The number of hydrogen-bond donors (Lipinski definition) is 0. The molecule has 0 aliphatic rings. The number of thioether (sulfide) groups is 1. The average molecular weight is 282 g/mol. The first-order chi connectivity index (χ1) is 9.49. The zero-order valence-electron chi connectivity index (χ0n) is 12.1. The summed E-state index contributed by atoms with van der Waals surface area (Å²) in [4.78, 5) is 5.48. The largest absolute Gasteiger partial charge is 0.264 e. The van der Waals surface area contributed by atoms with Gasteiger partial charge in [-0.3, -0.25) is 4.98 Å². The van der Waals surface area contributed by atoms with Gasteiger partial charge in [0, 0.05) is 27.6 Å². The van der Waals surface area contributed by atoms with Crippen molar-refractivity contribution in [2.75, 3.05) is 0 Å². The molecule has 0 N–H and O–H groups in total. The van der Waals surface area contributed by atoms with Gasteiger partial charge in [-0.05, 0) is 17.2 Å². The van der Waals surface area contributed by atoms with Gasteiger partial charge in [0.05, 0.1) is 12.5 Å². The van der Waals surface area contributed by atoms with Gasteiger partial charge in [0.25, 0.3) is 0 Å². The first-order valence-electron chi connectivity index (χ1n) is 6.59. The summed E-state index contributed by atoms with van der Waals surface area (Å²) in [5, 5.41) is 8.71. The van der Waals surface area contributed by atoms with Crippen LogP contribution in [0.25, 0.3) is 11.1 Å². The molecule has 0 aliphatic carbocycles. The van der Waals surface area contributed by atoms with Gasteiger partial charge in [0.2, 0.25) is 0 Å². The highest BCUT2D eigenvalue weighted by Crippen LogP contribution is 2.37. The maximum Gasteiger partial charge on any atom is 0.0669 e. The van der Waals surface area contributed by atoms with Crippen LogP contribution in [0.3, 0.4) is 0 Å². The molecule has 0 aliphatic heterocycles. The molecular weight excluding hydrogens is 264 g/mol. The fourth-order valence-corrected chi connectivity index (χ4v) is 2.98. The third-order valence-electron chi connectivity index (χ3n) is 2.75. The van der Waals surface area contributed by atoms with Crippen molar-refractivity contribution in [2.24, 2.45) is 0 Å². The molecule has 1 aromatic carbocycles. The number of benzene rings is 1. The summed E-state index contributed by atoms with van der Waals surface area (Å²) in [5.41, 5.74) is 3.34. The molecule has 102 valence electrons. The first-order valence-corrected chi connectivity index (χ1v) is 7.40. The van der Waals surface area contributed by atoms with Crippen LogP contribution in [0.4, 0.5) is 0 Å². The second kappa shape index (κ2) is 6.11. The SMILES string of the molecule is CC(C)(C)Sc1ccncc1-c1ccc(CC#N)cc1. The summed E-state index contributed by atoms with van der Waals surface area (Å²) < 4.78 is 0.164. The second-order valence-electron chi connectivity index (χ2n) is 5.62. The summed E-state index contributed by atoms with van der Waals surface area (Å²) in [5.74, 6) is 0. The molecule has 0 atom stereocenters. The Hall–Kier alpha value is -1.79. The first kappa shape index (κ1) is 14.6. The Balaban J connectivity index is 2.35. The average Bonchev–Trinajstić information content (AvgIpc) is 2.39. The summed E-state index contributed by atoms with van der Waals surface area (Å²) in [6.07, 6.45) is 4.20. The Kier molecular flexibility index (Phi) is 4.46. The van der Waals surface area contributed by atoms with E-state index in [-0.39, 0.29) is 4.75 Å². The molecule has 0 spiro atoms. The molecule has 3 heteroatoms. The lowest BCUT2D eigenvalue weighted by Crippen LogP contribution is -2.07. The van der Waals surface area contributed by atoms with Crippen molar-refractivity contribution in [2.45, 2.75) is 36.8 Å². The summed E-state index contributed by atoms with van der Waals surface area (Å²) in [7, 11) is 0. The number of nitrogens with zero attached hydrogens (tertiary/aromatic N) is 2. The standard InChI is InChI=1S/C17H18N2S/c1-17(2,3)20-16-9-11-19-12-15(16)14-6-4-13(5-7-14)8-10-18/h4-7,9,11-12H,8H2,1-3H3. The highest BCUT2D eigenvalue weighted by atomic mass is 32.2. The molecule has 0 radical (unpaired) electrons. The van der Waals surface area contributed by atoms with Crippen LogP contribution in [0.1, 0.15) is 26.3 Å². The maximum absolute atomic E-state index is 8.71. The van der Waals surface area contributed by atoms with Gasteiger partial charge in [-0.15, -0.1) is 11.8 Å². The van der Waals surface area contributed by atoms with E-state index in [1.54, 1.807) is 0 Å². The van der Waals surface area contributed by atoms with Gasteiger partial charge in [0.1, 0.15) is 0 Å². The van der Waals surface area contributed by atoms with E-state index in [1.165, 1.54) is 4.90 Å². The highest BCUT2D eigenvalue weighted by molar-refractivity contribution is 8.00. The molecule has 2 aromatic rings. The fraction of sp³-hybridized carbons (Fsp3) is 0.294. The molecule has 1 aromatic heterocycles. The summed E-state index contributed by atoms with van der Waals surface area (Å²) in [6.45, 7) is 6.62. The molecule has 20 heavy (non-hydrogen) atoms. The maximum atomic E-state index is 8.71. The van der Waals surface area contributed by atoms with Gasteiger partial charge in [-0.25, -0.2) is 0 Å². The quantitative estimate of drug-likeness (QED) is 0.765. The molecule has 2 nitrogen and oxygen atoms in total. The minimum atomic E-state index is 0.164. The molecular formula is C17H18N2S. The van der Waals surface area contributed by atoms with Crippen LogP contribution in [-0.4, -0.2) is 9.73 Å². The van der Waals surface area contributed by atoms with Crippen molar-refractivity contribution in [3.8, 4) is 17.2 Å². The van der Waals surface area contributed by atoms with E-state index < -0.39 is 0 Å². The lowest BCUT2D eigenvalue weighted by atomic mass is 10.0. The van der Waals surface area contributed by atoms with Gasteiger partial charge in [-0.1, -0.05) is 45.0 Å². The number of nitriles is 1. The third-order valence-corrected chi connectivity index (χ3v) is 3.93. The van der Waals surface area contributed by atoms with Crippen molar-refractivity contribution in [1.29, 1.82) is 5.26 Å². The van der Waals surface area contributed by atoms with Crippen molar-refractivity contribution in [3.05, 3.63) is 48.3 Å². The smallest absolute Gasteiger partial charge is 0.0669 e. The lowest BCUT2D eigenvalue weighted by Gasteiger charge is -2.19. The lowest BCUT2D eigenvalue weighted by molar-refractivity contribution is 0.803. The van der Waals surface area contributed by atoms with E-state index in [0.717, 1.165) is 16.7 Å². The van der Waals surface area contributed by atoms with Crippen LogP contribution < -0.4 is 0 Å². The van der Waals surface area contributed by atoms with Gasteiger partial charge < -0.3 is 0 Å². The van der Waals surface area contributed by atoms with Crippen LogP contribution in [-0.2, 0) is 6.42 Å². The highest BCUT2D eigenvalue weighted by Gasteiger charge is 2.15. The molecule has 0 unspecified atom stereocenters. The zero-order chi connectivity index (χ0) is 14.6.